The van der Waals surface area contributed by atoms with E-state index in [1.807, 2.05) is 24.3 Å². The number of imidazole rings is 1. The molecule has 0 unspecified atom stereocenters. The van der Waals surface area contributed by atoms with E-state index in [1.54, 1.807) is 17.9 Å². The molecule has 0 bridgehead atoms. The summed E-state index contributed by atoms with van der Waals surface area (Å²) in [5.74, 6) is 1.81. The summed E-state index contributed by atoms with van der Waals surface area (Å²) in [6.45, 7) is 3.48. The second-order valence-electron chi connectivity index (χ2n) is 7.61. The first kappa shape index (κ1) is 19.9. The second-order valence-corrected chi connectivity index (χ2v) is 7.61. The lowest BCUT2D eigenvalue weighted by atomic mass is 9.96. The summed E-state index contributed by atoms with van der Waals surface area (Å²) >= 11 is 0. The van der Waals surface area contributed by atoms with Crippen LogP contribution < -0.4 is 10.6 Å². The minimum Gasteiger partial charge on any atom is -0.360 e. The van der Waals surface area contributed by atoms with Crippen LogP contribution in [0.5, 0.6) is 0 Å². The van der Waals surface area contributed by atoms with Crippen LogP contribution in [0, 0.1) is 12.8 Å². The molecule has 3 heterocycles. The van der Waals surface area contributed by atoms with E-state index >= 15 is 0 Å². The molecule has 30 heavy (non-hydrogen) atoms. The quantitative estimate of drug-likeness (QED) is 0.541. The highest BCUT2D eigenvalue weighted by Crippen LogP contribution is 2.19. The van der Waals surface area contributed by atoms with E-state index in [4.69, 9.17) is 4.52 Å². The average molecular weight is 410 g/mol. The summed E-state index contributed by atoms with van der Waals surface area (Å²) in [5.41, 5.74) is 1.99. The normalized spacial score (nSPS) is 14.8. The molecule has 3 amide bonds. The first-order valence-corrected chi connectivity index (χ1v) is 10.3. The first-order valence-electron chi connectivity index (χ1n) is 10.3. The lowest BCUT2D eigenvalue weighted by Gasteiger charge is -2.31. The van der Waals surface area contributed by atoms with E-state index in [2.05, 4.69) is 25.8 Å². The third kappa shape index (κ3) is 4.79. The van der Waals surface area contributed by atoms with Crippen molar-refractivity contribution in [1.82, 2.24) is 25.3 Å². The molecule has 3 aromatic rings. The Morgan fingerprint density at radius 1 is 1.27 bits per heavy atom. The Balaban J connectivity index is 1.16. The number of benzene rings is 1. The number of nitrogens with zero attached hydrogens (tertiary/aromatic N) is 3. The number of likely N-dealkylation sites (tertiary alicyclic amines) is 1. The molecule has 0 saturated carbocycles. The Morgan fingerprint density at radius 2 is 2.07 bits per heavy atom. The van der Waals surface area contributed by atoms with Crippen molar-refractivity contribution in [2.75, 3.05) is 25.0 Å². The predicted molar refractivity (Wildman–Crippen MR) is 112 cm³/mol. The fourth-order valence-electron chi connectivity index (χ4n) is 3.69. The number of amides is 3. The largest absolute Gasteiger partial charge is 0.360 e. The van der Waals surface area contributed by atoms with E-state index < -0.39 is 0 Å². The molecule has 0 atom stereocenters. The molecule has 0 aliphatic carbocycles. The van der Waals surface area contributed by atoms with Gasteiger partial charge in [-0.25, -0.2) is 9.78 Å². The molecule has 1 aliphatic heterocycles. The fourth-order valence-corrected chi connectivity index (χ4v) is 3.69. The van der Waals surface area contributed by atoms with Gasteiger partial charge in [-0.15, -0.1) is 0 Å². The van der Waals surface area contributed by atoms with Crippen molar-refractivity contribution in [2.24, 2.45) is 5.92 Å². The van der Waals surface area contributed by atoms with Crippen LogP contribution in [0.4, 0.5) is 10.6 Å². The number of aryl methyl sites for hydroxylation is 2. The molecule has 4 rings (SSSR count). The van der Waals surface area contributed by atoms with Gasteiger partial charge in [-0.05, 0) is 38.3 Å². The first-order chi connectivity index (χ1) is 14.6. The molecule has 2 aromatic heterocycles. The van der Waals surface area contributed by atoms with Crippen LogP contribution >= 0.6 is 0 Å². The molecule has 158 valence electrons. The molecule has 0 spiro atoms. The van der Waals surface area contributed by atoms with Crippen LogP contribution in [0.3, 0.4) is 0 Å². The van der Waals surface area contributed by atoms with Crippen LogP contribution in [0.15, 0.2) is 34.9 Å². The number of hydrogen-bond acceptors (Lipinski definition) is 5. The highest BCUT2D eigenvalue weighted by molar-refractivity contribution is 5.91. The number of carbonyl (C=O) groups excluding carboxylic acids is 2. The molecule has 1 saturated heterocycles. The summed E-state index contributed by atoms with van der Waals surface area (Å²) in [5, 5.41) is 9.52. The van der Waals surface area contributed by atoms with E-state index in [9.17, 15) is 9.59 Å². The Morgan fingerprint density at radius 3 is 2.80 bits per heavy atom. The molecule has 0 radical (unpaired) electrons. The van der Waals surface area contributed by atoms with Crippen molar-refractivity contribution < 1.29 is 14.1 Å². The van der Waals surface area contributed by atoms with Crippen LogP contribution in [0.1, 0.15) is 30.8 Å². The maximum Gasteiger partial charge on any atom is 0.317 e. The fraction of sp³-hybridized carbons (Fsp3) is 0.429. The maximum atomic E-state index is 12.4. The number of aromatic nitrogens is 3. The number of nitrogens with one attached hydrogen (secondary N) is 3. The van der Waals surface area contributed by atoms with Crippen LogP contribution in [-0.2, 0) is 11.2 Å². The minimum atomic E-state index is -0.126. The molecular weight excluding hydrogens is 384 g/mol. The number of rotatable bonds is 6. The lowest BCUT2D eigenvalue weighted by Crippen LogP contribution is -2.46. The number of urea groups is 1. The van der Waals surface area contributed by atoms with Gasteiger partial charge in [-0.3, -0.25) is 4.79 Å². The van der Waals surface area contributed by atoms with Gasteiger partial charge in [0.1, 0.15) is 11.6 Å². The number of hydrogen-bond donors (Lipinski definition) is 3. The molecule has 1 aromatic carbocycles. The van der Waals surface area contributed by atoms with Crippen molar-refractivity contribution in [3.8, 4) is 0 Å². The van der Waals surface area contributed by atoms with Crippen LogP contribution in [-0.4, -0.2) is 51.6 Å². The predicted octanol–water partition coefficient (Wildman–Crippen LogP) is 2.85. The zero-order chi connectivity index (χ0) is 20.9. The zero-order valence-electron chi connectivity index (χ0n) is 17.0. The van der Waals surface area contributed by atoms with Crippen molar-refractivity contribution in [2.45, 2.75) is 32.6 Å². The Labute approximate surface area is 174 Å². The SMILES string of the molecule is Cc1cc(NC(=O)C2CCN(C(=O)NCCCc3nc4ccccc4[nH]3)CC2)no1. The summed E-state index contributed by atoms with van der Waals surface area (Å²) in [4.78, 5) is 34.3. The van der Waals surface area contributed by atoms with E-state index in [-0.39, 0.29) is 17.9 Å². The van der Waals surface area contributed by atoms with Gasteiger partial charge in [0.05, 0.1) is 11.0 Å². The maximum absolute atomic E-state index is 12.4. The van der Waals surface area contributed by atoms with Crippen molar-refractivity contribution in [3.63, 3.8) is 0 Å². The average Bonchev–Trinajstić information content (AvgIpc) is 3.36. The summed E-state index contributed by atoms with van der Waals surface area (Å²) < 4.78 is 4.96. The Hall–Kier alpha value is -3.36. The van der Waals surface area contributed by atoms with Gasteiger partial charge in [0.25, 0.3) is 0 Å². The van der Waals surface area contributed by atoms with Crippen LogP contribution in [0.2, 0.25) is 0 Å². The second kappa shape index (κ2) is 8.98. The van der Waals surface area contributed by atoms with Crippen LogP contribution in [0.25, 0.3) is 11.0 Å². The highest BCUT2D eigenvalue weighted by atomic mass is 16.5. The van der Waals surface area contributed by atoms with Crippen molar-refractivity contribution in [1.29, 1.82) is 0 Å². The van der Waals surface area contributed by atoms with E-state index in [0.29, 0.717) is 44.1 Å². The summed E-state index contributed by atoms with van der Waals surface area (Å²) in [6, 6.07) is 9.54. The number of fused-ring (bicyclic) bond motifs is 1. The monoisotopic (exact) mass is 410 g/mol. The summed E-state index contributed by atoms with van der Waals surface area (Å²) in [6.07, 6.45) is 2.85. The van der Waals surface area contributed by atoms with E-state index in [1.165, 1.54) is 0 Å². The smallest absolute Gasteiger partial charge is 0.317 e. The number of aromatic amines is 1. The number of H-pyrrole nitrogens is 1. The minimum absolute atomic E-state index is 0.0748. The van der Waals surface area contributed by atoms with Gasteiger partial charge in [0, 0.05) is 38.0 Å². The number of carbonyl (C=O) groups is 2. The van der Waals surface area contributed by atoms with Gasteiger partial charge < -0.3 is 25.0 Å². The highest BCUT2D eigenvalue weighted by Gasteiger charge is 2.27. The molecule has 1 fully saturated rings. The molecule has 9 nitrogen and oxygen atoms in total. The lowest BCUT2D eigenvalue weighted by molar-refractivity contribution is -0.121. The molecular formula is C21H26N6O3. The Bertz CT molecular complexity index is 986. The molecule has 1 aliphatic rings. The molecule has 3 N–H and O–H groups in total. The van der Waals surface area contributed by atoms with E-state index in [0.717, 1.165) is 29.7 Å². The van der Waals surface area contributed by atoms with Gasteiger partial charge in [0.15, 0.2) is 5.82 Å². The van der Waals surface area contributed by atoms with Gasteiger partial charge in [0.2, 0.25) is 5.91 Å². The van der Waals surface area contributed by atoms with Crippen molar-refractivity contribution in [3.05, 3.63) is 41.9 Å². The van der Waals surface area contributed by atoms with Crippen molar-refractivity contribution >= 4 is 28.8 Å². The molecule has 9 heteroatoms. The summed E-state index contributed by atoms with van der Waals surface area (Å²) in [7, 11) is 0. The third-order valence-electron chi connectivity index (χ3n) is 5.34. The van der Waals surface area contributed by atoms with Gasteiger partial charge >= 0.3 is 6.03 Å². The van der Waals surface area contributed by atoms with Gasteiger partial charge in [-0.2, -0.15) is 0 Å². The standard InChI is InChI=1S/C21H26N6O3/c1-14-13-19(26-30-14)25-20(28)15-8-11-27(12-9-15)21(29)22-10-4-7-18-23-16-5-2-3-6-17(16)24-18/h2-3,5-6,13,15H,4,7-12H2,1H3,(H,22,29)(H,23,24)(H,25,26,28). The Kier molecular flexibility index (Phi) is 5.97. The number of anilines is 1. The number of para-hydroxylation sites is 2. The van der Waals surface area contributed by atoms with Gasteiger partial charge in [-0.1, -0.05) is 17.3 Å². The third-order valence-corrected chi connectivity index (χ3v) is 5.34. The topological polar surface area (TPSA) is 116 Å². The number of piperidine rings is 1. The zero-order valence-corrected chi connectivity index (χ0v) is 17.0.